The fraction of sp³-hybridized carbons (Fsp3) is 0.364. The summed E-state index contributed by atoms with van der Waals surface area (Å²) < 4.78 is 0. The van der Waals surface area contributed by atoms with E-state index in [2.05, 4.69) is 100 Å². The third kappa shape index (κ3) is 6.76. The highest BCUT2D eigenvalue weighted by Crippen LogP contribution is 2.22. The first kappa shape index (κ1) is 25.4. The van der Waals surface area contributed by atoms with E-state index in [0.29, 0.717) is 12.3 Å². The van der Waals surface area contributed by atoms with Crippen LogP contribution in [0, 0.1) is 5.92 Å². The number of carbonyl (C=O) groups is 1. The Morgan fingerprint density at radius 3 is 1.97 bits per heavy atom. The highest BCUT2D eigenvalue weighted by atomic mass is 16.2. The second-order valence-corrected chi connectivity index (χ2v) is 10.4. The molecule has 37 heavy (non-hydrogen) atoms. The van der Waals surface area contributed by atoms with E-state index in [9.17, 15) is 4.79 Å². The Morgan fingerprint density at radius 2 is 1.27 bits per heavy atom. The topological polar surface area (TPSA) is 44.4 Å². The van der Waals surface area contributed by atoms with Gasteiger partial charge in [0.15, 0.2) is 0 Å². The molecule has 0 saturated carbocycles. The van der Waals surface area contributed by atoms with Crippen LogP contribution >= 0.6 is 0 Å². The van der Waals surface area contributed by atoms with Crippen molar-refractivity contribution in [1.82, 2.24) is 15.5 Å². The zero-order valence-corrected chi connectivity index (χ0v) is 21.8. The first-order valence-electron chi connectivity index (χ1n) is 13.9. The third-order valence-electron chi connectivity index (χ3n) is 7.77. The largest absolute Gasteiger partial charge is 0.342 e. The van der Waals surface area contributed by atoms with E-state index < -0.39 is 0 Å². The zero-order valence-electron chi connectivity index (χ0n) is 21.8. The molecule has 0 unspecified atom stereocenters. The number of hydrogen-bond donors (Lipinski definition) is 2. The molecular formula is C33H39N3O. The number of amides is 1. The number of benzene rings is 4. The average molecular weight is 494 g/mol. The molecule has 0 bridgehead atoms. The van der Waals surface area contributed by atoms with Gasteiger partial charge in [-0.1, -0.05) is 84.9 Å². The van der Waals surface area contributed by atoms with Gasteiger partial charge in [0.25, 0.3) is 0 Å². The molecule has 4 aromatic rings. The van der Waals surface area contributed by atoms with Crippen LogP contribution in [0.15, 0.2) is 84.9 Å². The van der Waals surface area contributed by atoms with E-state index in [4.69, 9.17) is 0 Å². The molecule has 1 heterocycles. The monoisotopic (exact) mass is 493 g/mol. The van der Waals surface area contributed by atoms with Gasteiger partial charge in [0.05, 0.1) is 6.42 Å². The summed E-state index contributed by atoms with van der Waals surface area (Å²) in [5.41, 5.74) is 2.51. The van der Waals surface area contributed by atoms with Crippen LogP contribution < -0.4 is 10.6 Å². The number of carbonyl (C=O) groups excluding carboxylic acids is 1. The van der Waals surface area contributed by atoms with Crippen LogP contribution in [-0.2, 0) is 17.8 Å². The molecule has 5 rings (SSSR count). The van der Waals surface area contributed by atoms with Gasteiger partial charge >= 0.3 is 0 Å². The summed E-state index contributed by atoms with van der Waals surface area (Å²) in [7, 11) is 0. The van der Waals surface area contributed by atoms with Gasteiger partial charge in [0.2, 0.25) is 5.91 Å². The Bertz CT molecular complexity index is 1300. The number of nitrogens with zero attached hydrogens (tertiary/aromatic N) is 1. The molecule has 192 valence electrons. The molecule has 0 radical (unpaired) electrons. The van der Waals surface area contributed by atoms with Crippen LogP contribution in [0.5, 0.6) is 0 Å². The molecule has 1 saturated heterocycles. The molecule has 0 aromatic heterocycles. The molecule has 0 spiro atoms. The minimum absolute atomic E-state index is 0.263. The van der Waals surface area contributed by atoms with Crippen molar-refractivity contribution in [2.45, 2.75) is 38.6 Å². The van der Waals surface area contributed by atoms with Gasteiger partial charge in [-0.05, 0) is 83.9 Å². The van der Waals surface area contributed by atoms with Gasteiger partial charge in [-0.25, -0.2) is 0 Å². The Labute approximate surface area is 221 Å². The molecule has 1 amide bonds. The van der Waals surface area contributed by atoms with Crippen LogP contribution in [-0.4, -0.2) is 43.5 Å². The molecule has 0 atom stereocenters. The Hall–Kier alpha value is -3.21. The predicted octanol–water partition coefficient (Wildman–Crippen LogP) is 5.93. The minimum Gasteiger partial charge on any atom is -0.342 e. The van der Waals surface area contributed by atoms with E-state index in [0.717, 1.165) is 57.7 Å². The van der Waals surface area contributed by atoms with Gasteiger partial charge in [-0.2, -0.15) is 0 Å². The number of nitrogens with one attached hydrogen (secondary N) is 2. The highest BCUT2D eigenvalue weighted by Gasteiger charge is 2.23. The summed E-state index contributed by atoms with van der Waals surface area (Å²) in [6, 6.07) is 29.8. The number of unbranched alkanes of at least 4 members (excludes halogenated alkanes) is 1. The zero-order chi connectivity index (χ0) is 25.3. The Kier molecular flexibility index (Phi) is 8.83. The normalized spacial score (nSPS) is 14.4. The van der Waals surface area contributed by atoms with Crippen molar-refractivity contribution >= 4 is 27.5 Å². The molecule has 4 nitrogen and oxygen atoms in total. The Morgan fingerprint density at radius 1 is 0.703 bits per heavy atom. The number of rotatable bonds is 11. The molecule has 2 N–H and O–H groups in total. The van der Waals surface area contributed by atoms with E-state index in [1.807, 2.05) is 0 Å². The molecule has 1 fully saturated rings. The summed E-state index contributed by atoms with van der Waals surface area (Å²) in [4.78, 5) is 15.0. The van der Waals surface area contributed by atoms with E-state index >= 15 is 0 Å². The quantitative estimate of drug-likeness (QED) is 0.254. The minimum atomic E-state index is 0.263. The van der Waals surface area contributed by atoms with Crippen LogP contribution in [0.1, 0.15) is 36.8 Å². The SMILES string of the molecule is O=C(Cc1cccc2ccccc12)N1CCC(CNCCCCNCc2cccc3ccccc23)CC1. The summed E-state index contributed by atoms with van der Waals surface area (Å²) in [6.45, 7) is 5.86. The van der Waals surface area contributed by atoms with Gasteiger partial charge < -0.3 is 15.5 Å². The fourth-order valence-corrected chi connectivity index (χ4v) is 5.58. The lowest BCUT2D eigenvalue weighted by Crippen LogP contribution is -2.41. The van der Waals surface area contributed by atoms with Crippen molar-refractivity contribution in [2.75, 3.05) is 32.7 Å². The standard InChI is InChI=1S/C33H39N3O/c37-33(23-29-13-7-11-27-9-1-3-15-31(27)29)36-21-17-26(18-22-36)24-34-19-5-6-20-35-25-30-14-8-12-28-10-2-4-16-32(28)30/h1-4,7-16,26,34-35H,5-6,17-25H2. The van der Waals surface area contributed by atoms with Crippen molar-refractivity contribution in [3.05, 3.63) is 96.1 Å². The predicted molar refractivity (Wildman–Crippen MR) is 155 cm³/mol. The Balaban J connectivity index is 0.944. The van der Waals surface area contributed by atoms with Crippen LogP contribution in [0.4, 0.5) is 0 Å². The van der Waals surface area contributed by atoms with Crippen molar-refractivity contribution in [3.8, 4) is 0 Å². The highest BCUT2D eigenvalue weighted by molar-refractivity contribution is 5.90. The summed E-state index contributed by atoms with van der Waals surface area (Å²) in [5.74, 6) is 0.935. The maximum absolute atomic E-state index is 13.0. The van der Waals surface area contributed by atoms with Gasteiger partial charge in [0.1, 0.15) is 0 Å². The van der Waals surface area contributed by atoms with Crippen LogP contribution in [0.3, 0.4) is 0 Å². The average Bonchev–Trinajstić information content (AvgIpc) is 2.95. The van der Waals surface area contributed by atoms with Gasteiger partial charge in [0, 0.05) is 19.6 Å². The molecule has 0 aliphatic carbocycles. The summed E-state index contributed by atoms with van der Waals surface area (Å²) in [5, 5.41) is 12.3. The number of hydrogen-bond acceptors (Lipinski definition) is 3. The maximum atomic E-state index is 13.0. The van der Waals surface area contributed by atoms with Crippen molar-refractivity contribution in [2.24, 2.45) is 5.92 Å². The first-order chi connectivity index (χ1) is 18.3. The number of likely N-dealkylation sites (tertiary alicyclic amines) is 1. The van der Waals surface area contributed by atoms with E-state index in [1.54, 1.807) is 0 Å². The van der Waals surface area contributed by atoms with Gasteiger partial charge in [-0.3, -0.25) is 4.79 Å². The second-order valence-electron chi connectivity index (χ2n) is 10.4. The summed E-state index contributed by atoms with van der Waals surface area (Å²) in [6.07, 6.45) is 5.06. The first-order valence-corrected chi connectivity index (χ1v) is 13.9. The lowest BCUT2D eigenvalue weighted by molar-refractivity contribution is -0.131. The van der Waals surface area contributed by atoms with Crippen molar-refractivity contribution in [1.29, 1.82) is 0 Å². The van der Waals surface area contributed by atoms with Gasteiger partial charge in [-0.15, -0.1) is 0 Å². The van der Waals surface area contributed by atoms with Crippen molar-refractivity contribution in [3.63, 3.8) is 0 Å². The molecule has 4 heteroatoms. The molecular weight excluding hydrogens is 454 g/mol. The lowest BCUT2D eigenvalue weighted by Gasteiger charge is -2.32. The number of fused-ring (bicyclic) bond motifs is 2. The van der Waals surface area contributed by atoms with E-state index in [-0.39, 0.29) is 5.91 Å². The molecule has 4 aromatic carbocycles. The maximum Gasteiger partial charge on any atom is 0.227 e. The second kappa shape index (κ2) is 12.8. The van der Waals surface area contributed by atoms with Crippen LogP contribution in [0.25, 0.3) is 21.5 Å². The van der Waals surface area contributed by atoms with Crippen LogP contribution in [0.2, 0.25) is 0 Å². The summed E-state index contributed by atoms with van der Waals surface area (Å²) >= 11 is 0. The smallest absolute Gasteiger partial charge is 0.227 e. The molecule has 1 aliphatic rings. The lowest BCUT2D eigenvalue weighted by atomic mass is 9.95. The fourth-order valence-electron chi connectivity index (χ4n) is 5.58. The molecule has 1 aliphatic heterocycles. The van der Waals surface area contributed by atoms with E-state index in [1.165, 1.54) is 39.9 Å². The third-order valence-corrected chi connectivity index (χ3v) is 7.77. The number of piperidine rings is 1. The van der Waals surface area contributed by atoms with Crippen molar-refractivity contribution < 1.29 is 4.79 Å².